The summed E-state index contributed by atoms with van der Waals surface area (Å²) in [6, 6.07) is 70.5. The predicted octanol–water partition coefficient (Wildman–Crippen LogP) is 13.9. The fraction of sp³-hybridized carbons (Fsp3) is 0.0189. The molecule has 0 amide bonds. The van der Waals surface area contributed by atoms with E-state index in [0.717, 1.165) is 33.9 Å². The third-order valence-electron chi connectivity index (χ3n) is 11.9. The van der Waals surface area contributed by atoms with Crippen molar-refractivity contribution in [2.75, 3.05) is 0 Å². The third-order valence-corrected chi connectivity index (χ3v) is 13.2. The molecule has 2 nitrogen and oxygen atoms in total. The Hall–Kier alpha value is -6.94. The third kappa shape index (κ3) is 4.43. The lowest BCUT2D eigenvalue weighted by atomic mass is 9.73. The van der Waals surface area contributed by atoms with E-state index in [1.165, 1.54) is 75.8 Å². The average Bonchev–Trinajstić information content (AvgIpc) is 3.90. The summed E-state index contributed by atoms with van der Waals surface area (Å²) >= 11 is 1.95. The van der Waals surface area contributed by atoms with Crippen LogP contribution in [0.2, 0.25) is 0 Å². The molecule has 0 fully saturated rings. The highest BCUT2D eigenvalue weighted by molar-refractivity contribution is 7.20. The minimum Gasteiger partial charge on any atom is -0.228 e. The molecule has 0 atom stereocenters. The van der Waals surface area contributed by atoms with Crippen LogP contribution in [0.1, 0.15) is 21.6 Å². The average molecular weight is 729 g/mol. The summed E-state index contributed by atoms with van der Waals surface area (Å²) in [5.74, 6) is 0.719. The quantitative estimate of drug-likeness (QED) is 0.180. The smallest absolute Gasteiger partial charge is 0.160 e. The minimum absolute atomic E-state index is 0.371. The molecule has 0 bridgehead atoms. The minimum atomic E-state index is -0.371. The van der Waals surface area contributed by atoms with Crippen molar-refractivity contribution in [1.29, 1.82) is 0 Å². The SMILES string of the molecule is c1ccc(-c2nc(-c3ccc(-c4ccc5c(c4)C4(c6ccccc6-c6ccccc64)c4sc6ccccc6c4-5)cc3)cc(-c3cccc4ccccc34)n2)cc1. The maximum absolute atomic E-state index is 5.15. The molecule has 2 aliphatic rings. The number of benzene rings is 8. The Bertz CT molecular complexity index is 3140. The molecule has 0 radical (unpaired) electrons. The molecule has 12 rings (SSSR count). The first-order valence-corrected chi connectivity index (χ1v) is 20.0. The standard InChI is InChI=1S/C53H32N2S/c1-2-14-36(15-3-1)52-54-47(32-48(55-52)41-21-12-16-34-13-4-5-17-38(34)41)35-27-25-33(26-28-35)37-29-30-42-46(31-37)53(51-50(42)43-20-8-11-24-49(43)56-51)44-22-9-6-18-39(44)40-19-7-10-23-45(40)53/h1-32H. The molecule has 0 saturated heterocycles. The van der Waals surface area contributed by atoms with E-state index < -0.39 is 0 Å². The van der Waals surface area contributed by atoms with Crippen molar-refractivity contribution in [3.05, 3.63) is 216 Å². The molecule has 2 aliphatic carbocycles. The summed E-state index contributed by atoms with van der Waals surface area (Å²) < 4.78 is 1.34. The molecule has 2 aromatic heterocycles. The van der Waals surface area contributed by atoms with Gasteiger partial charge in [-0.3, -0.25) is 0 Å². The number of nitrogens with zero attached hydrogens (tertiary/aromatic N) is 2. The van der Waals surface area contributed by atoms with Crippen LogP contribution in [0.3, 0.4) is 0 Å². The number of hydrogen-bond acceptors (Lipinski definition) is 3. The largest absolute Gasteiger partial charge is 0.228 e. The van der Waals surface area contributed by atoms with Crippen LogP contribution in [0.4, 0.5) is 0 Å². The fourth-order valence-corrected chi connectivity index (χ4v) is 10.9. The molecule has 56 heavy (non-hydrogen) atoms. The first kappa shape index (κ1) is 31.4. The van der Waals surface area contributed by atoms with Gasteiger partial charge in [-0.05, 0) is 73.5 Å². The zero-order chi connectivity index (χ0) is 36.8. The van der Waals surface area contributed by atoms with E-state index >= 15 is 0 Å². The van der Waals surface area contributed by atoms with Crippen molar-refractivity contribution in [1.82, 2.24) is 9.97 Å². The highest BCUT2D eigenvalue weighted by atomic mass is 32.1. The highest BCUT2D eigenvalue weighted by Gasteiger charge is 2.53. The van der Waals surface area contributed by atoms with Crippen LogP contribution >= 0.6 is 11.3 Å². The zero-order valence-corrected chi connectivity index (χ0v) is 31.1. The molecule has 0 saturated carbocycles. The van der Waals surface area contributed by atoms with Gasteiger partial charge in [0.15, 0.2) is 5.82 Å². The van der Waals surface area contributed by atoms with Gasteiger partial charge >= 0.3 is 0 Å². The number of hydrogen-bond donors (Lipinski definition) is 0. The monoisotopic (exact) mass is 728 g/mol. The van der Waals surface area contributed by atoms with Gasteiger partial charge in [-0.25, -0.2) is 9.97 Å². The molecule has 0 aliphatic heterocycles. The zero-order valence-electron chi connectivity index (χ0n) is 30.3. The van der Waals surface area contributed by atoms with Crippen LogP contribution in [0, 0.1) is 0 Å². The Labute approximate surface area is 329 Å². The van der Waals surface area contributed by atoms with Gasteiger partial charge in [0.1, 0.15) is 0 Å². The summed E-state index contributed by atoms with van der Waals surface area (Å²) in [4.78, 5) is 11.7. The van der Waals surface area contributed by atoms with Gasteiger partial charge in [0.2, 0.25) is 0 Å². The fourth-order valence-electron chi connectivity index (χ4n) is 9.45. The van der Waals surface area contributed by atoms with Crippen LogP contribution < -0.4 is 0 Å². The number of thiophene rings is 1. The lowest BCUT2D eigenvalue weighted by molar-refractivity contribution is 0.812. The van der Waals surface area contributed by atoms with Crippen molar-refractivity contribution >= 4 is 32.2 Å². The van der Waals surface area contributed by atoms with Crippen LogP contribution in [0.5, 0.6) is 0 Å². The van der Waals surface area contributed by atoms with E-state index in [4.69, 9.17) is 9.97 Å². The van der Waals surface area contributed by atoms with Gasteiger partial charge in [0, 0.05) is 37.2 Å². The van der Waals surface area contributed by atoms with Gasteiger partial charge < -0.3 is 0 Å². The first-order chi connectivity index (χ1) is 27.8. The Morgan fingerprint density at radius 2 is 0.982 bits per heavy atom. The Balaban J connectivity index is 1.01. The summed E-state index contributed by atoms with van der Waals surface area (Å²) in [5.41, 5.74) is 16.5. The van der Waals surface area contributed by atoms with Gasteiger partial charge in [0.25, 0.3) is 0 Å². The van der Waals surface area contributed by atoms with Crippen molar-refractivity contribution in [3.8, 4) is 67.3 Å². The van der Waals surface area contributed by atoms with E-state index in [9.17, 15) is 0 Å². The Kier molecular flexibility index (Phi) is 6.75. The van der Waals surface area contributed by atoms with Gasteiger partial charge in [-0.15, -0.1) is 11.3 Å². The maximum atomic E-state index is 5.15. The second-order valence-corrected chi connectivity index (χ2v) is 15.9. The molecule has 8 aromatic carbocycles. The highest BCUT2D eigenvalue weighted by Crippen LogP contribution is 2.66. The van der Waals surface area contributed by atoms with Gasteiger partial charge in [-0.2, -0.15) is 0 Å². The molecule has 10 aromatic rings. The molecule has 3 heteroatoms. The molecule has 2 heterocycles. The lowest BCUT2D eigenvalue weighted by Gasteiger charge is -2.29. The summed E-state index contributed by atoms with van der Waals surface area (Å²) in [5, 5.41) is 3.71. The van der Waals surface area contributed by atoms with Crippen LogP contribution in [-0.4, -0.2) is 9.97 Å². The molecule has 260 valence electrons. The summed E-state index contributed by atoms with van der Waals surface area (Å²) in [7, 11) is 0. The topological polar surface area (TPSA) is 25.8 Å². The van der Waals surface area contributed by atoms with Crippen LogP contribution in [0.25, 0.3) is 88.1 Å². The summed E-state index contributed by atoms with van der Waals surface area (Å²) in [6.45, 7) is 0. The van der Waals surface area contributed by atoms with E-state index in [0.29, 0.717) is 0 Å². The lowest BCUT2D eigenvalue weighted by Crippen LogP contribution is -2.24. The molecule has 0 N–H and O–H groups in total. The number of fused-ring (bicyclic) bond motifs is 13. The Morgan fingerprint density at radius 1 is 0.375 bits per heavy atom. The predicted molar refractivity (Wildman–Crippen MR) is 233 cm³/mol. The van der Waals surface area contributed by atoms with Crippen LogP contribution in [-0.2, 0) is 5.41 Å². The molecule has 0 unspecified atom stereocenters. The second kappa shape index (κ2) is 12.0. The Morgan fingerprint density at radius 3 is 1.79 bits per heavy atom. The van der Waals surface area contributed by atoms with E-state index in [2.05, 4.69) is 176 Å². The van der Waals surface area contributed by atoms with Crippen molar-refractivity contribution in [3.63, 3.8) is 0 Å². The normalized spacial score (nSPS) is 13.1. The van der Waals surface area contributed by atoms with Crippen molar-refractivity contribution in [2.45, 2.75) is 5.41 Å². The van der Waals surface area contributed by atoms with Crippen molar-refractivity contribution in [2.24, 2.45) is 0 Å². The second-order valence-electron chi connectivity index (χ2n) is 14.8. The van der Waals surface area contributed by atoms with E-state index in [-0.39, 0.29) is 5.41 Å². The molecular weight excluding hydrogens is 697 g/mol. The van der Waals surface area contributed by atoms with Gasteiger partial charge in [-0.1, -0.05) is 176 Å². The van der Waals surface area contributed by atoms with Gasteiger partial charge in [0.05, 0.1) is 16.8 Å². The van der Waals surface area contributed by atoms with Crippen molar-refractivity contribution < 1.29 is 0 Å². The van der Waals surface area contributed by atoms with E-state index in [1.54, 1.807) is 0 Å². The number of rotatable bonds is 4. The molecule has 1 spiro atoms. The first-order valence-electron chi connectivity index (χ1n) is 19.2. The van der Waals surface area contributed by atoms with E-state index in [1.807, 2.05) is 29.5 Å². The number of aromatic nitrogens is 2. The summed E-state index contributed by atoms with van der Waals surface area (Å²) in [6.07, 6.45) is 0. The van der Waals surface area contributed by atoms with Crippen LogP contribution in [0.15, 0.2) is 194 Å². The maximum Gasteiger partial charge on any atom is 0.160 e. The molecular formula is C53H32N2S.